The maximum Gasteiger partial charge on any atom is 0.142 e. The van der Waals surface area contributed by atoms with Crippen molar-refractivity contribution in [2.75, 3.05) is 20.0 Å². The third kappa shape index (κ3) is 2.90. The molecule has 0 radical (unpaired) electrons. The van der Waals surface area contributed by atoms with Crippen molar-refractivity contribution in [3.63, 3.8) is 0 Å². The second kappa shape index (κ2) is 7.38. The van der Waals surface area contributed by atoms with Crippen LogP contribution in [0.2, 0.25) is 0 Å². The van der Waals surface area contributed by atoms with Gasteiger partial charge in [0.15, 0.2) is 0 Å². The highest BCUT2D eigenvalue weighted by Crippen LogP contribution is 2.45. The fourth-order valence-electron chi connectivity index (χ4n) is 3.35. The molecule has 140 valence electrons. The molecule has 1 heterocycles. The topological polar surface area (TPSA) is 105 Å². The SMILES string of the molecule is COc1cc(OC)c(/C=C2\C(C)=C(C#N)c3nc(N)c(C#N)c(C)c32)cc1Br. The van der Waals surface area contributed by atoms with Crippen LogP contribution < -0.4 is 15.2 Å². The fraction of sp³-hybridized carbons (Fsp3) is 0.190. The minimum atomic E-state index is 0.130. The second-order valence-corrected chi connectivity index (χ2v) is 7.09. The average molecular weight is 437 g/mol. The molecular weight excluding hydrogens is 420 g/mol. The first-order chi connectivity index (χ1) is 13.4. The highest BCUT2D eigenvalue weighted by Gasteiger charge is 2.30. The number of fused-ring (bicyclic) bond motifs is 1. The molecule has 0 amide bonds. The number of aromatic nitrogens is 1. The number of pyridine rings is 1. The van der Waals surface area contributed by atoms with Gasteiger partial charge < -0.3 is 15.2 Å². The summed E-state index contributed by atoms with van der Waals surface area (Å²) < 4.78 is 11.6. The molecule has 6 nitrogen and oxygen atoms in total. The van der Waals surface area contributed by atoms with Crippen molar-refractivity contribution in [1.82, 2.24) is 4.98 Å². The number of nitrogen functional groups attached to an aromatic ring is 1. The molecule has 2 aromatic rings. The molecule has 0 saturated heterocycles. The van der Waals surface area contributed by atoms with Crippen LogP contribution in [-0.2, 0) is 0 Å². The zero-order valence-electron chi connectivity index (χ0n) is 15.8. The molecule has 28 heavy (non-hydrogen) atoms. The van der Waals surface area contributed by atoms with Gasteiger partial charge in [0.2, 0.25) is 0 Å². The van der Waals surface area contributed by atoms with E-state index in [2.05, 4.69) is 33.1 Å². The van der Waals surface area contributed by atoms with Crippen molar-refractivity contribution in [1.29, 1.82) is 10.5 Å². The Kier molecular flexibility index (Phi) is 5.13. The molecule has 2 N–H and O–H groups in total. The number of hydrogen-bond acceptors (Lipinski definition) is 6. The maximum absolute atomic E-state index is 9.66. The predicted molar refractivity (Wildman–Crippen MR) is 111 cm³/mol. The van der Waals surface area contributed by atoms with E-state index in [1.54, 1.807) is 20.3 Å². The van der Waals surface area contributed by atoms with Crippen LogP contribution in [0.1, 0.15) is 34.9 Å². The lowest BCUT2D eigenvalue weighted by Gasteiger charge is -2.13. The molecule has 3 rings (SSSR count). The third-order valence-corrected chi connectivity index (χ3v) is 5.41. The van der Waals surface area contributed by atoms with Crippen LogP contribution in [0.3, 0.4) is 0 Å². The van der Waals surface area contributed by atoms with E-state index in [1.165, 1.54) is 0 Å². The second-order valence-electron chi connectivity index (χ2n) is 6.23. The Bertz CT molecular complexity index is 1150. The Hall–Kier alpha value is -3.29. The van der Waals surface area contributed by atoms with Gasteiger partial charge in [-0.2, -0.15) is 10.5 Å². The number of halogens is 1. The van der Waals surface area contributed by atoms with Crippen LogP contribution in [0.15, 0.2) is 22.2 Å². The molecular formula is C21H17BrN4O2. The number of hydrogen-bond donors (Lipinski definition) is 1. The van der Waals surface area contributed by atoms with E-state index < -0.39 is 0 Å². The number of methoxy groups -OCH3 is 2. The van der Waals surface area contributed by atoms with E-state index in [4.69, 9.17) is 15.2 Å². The standard InChI is InChI=1S/C21H17BrN4O2/c1-10-13(5-12-6-16(22)18(28-4)7-17(12)27-3)19-11(2)15(9-24)21(25)26-20(19)14(10)8-23/h5-7H,1-4H3,(H2,25,26)/b13-5+. The third-order valence-electron chi connectivity index (χ3n) is 4.79. The first kappa shape index (κ1) is 19.5. The van der Waals surface area contributed by atoms with E-state index in [0.717, 1.165) is 26.7 Å². The monoisotopic (exact) mass is 436 g/mol. The van der Waals surface area contributed by atoms with Crippen molar-refractivity contribution < 1.29 is 9.47 Å². The minimum Gasteiger partial charge on any atom is -0.496 e. The molecule has 0 saturated carbocycles. The van der Waals surface area contributed by atoms with Gasteiger partial charge in [-0.05, 0) is 58.6 Å². The van der Waals surface area contributed by atoms with Gasteiger partial charge in [-0.1, -0.05) is 0 Å². The largest absolute Gasteiger partial charge is 0.496 e. The predicted octanol–water partition coefficient (Wildman–Crippen LogP) is 4.47. The first-order valence-electron chi connectivity index (χ1n) is 8.33. The summed E-state index contributed by atoms with van der Waals surface area (Å²) in [6.45, 7) is 3.68. The minimum absolute atomic E-state index is 0.130. The fourth-order valence-corrected chi connectivity index (χ4v) is 3.87. The molecule has 0 spiro atoms. The summed E-state index contributed by atoms with van der Waals surface area (Å²) >= 11 is 3.49. The van der Waals surface area contributed by atoms with Gasteiger partial charge in [0, 0.05) is 17.2 Å². The average Bonchev–Trinajstić information content (AvgIpc) is 2.93. The molecule has 0 aliphatic heterocycles. The van der Waals surface area contributed by atoms with Crippen molar-refractivity contribution in [2.45, 2.75) is 13.8 Å². The maximum atomic E-state index is 9.66. The lowest BCUT2D eigenvalue weighted by molar-refractivity contribution is 0.392. The van der Waals surface area contributed by atoms with Crippen molar-refractivity contribution in [3.8, 4) is 23.6 Å². The van der Waals surface area contributed by atoms with E-state index in [1.807, 2.05) is 26.0 Å². The molecule has 0 atom stereocenters. The van der Waals surface area contributed by atoms with E-state index >= 15 is 0 Å². The lowest BCUT2D eigenvalue weighted by atomic mass is 9.95. The number of allylic oxidation sites excluding steroid dienone is 3. The quantitative estimate of drug-likeness (QED) is 0.760. The van der Waals surface area contributed by atoms with E-state index in [-0.39, 0.29) is 5.82 Å². The Morgan fingerprint density at radius 1 is 1.11 bits per heavy atom. The van der Waals surface area contributed by atoms with Crippen LogP contribution in [0.25, 0.3) is 17.2 Å². The highest BCUT2D eigenvalue weighted by molar-refractivity contribution is 9.10. The van der Waals surface area contributed by atoms with Gasteiger partial charge in [-0.25, -0.2) is 4.98 Å². The highest BCUT2D eigenvalue weighted by atomic mass is 79.9. The van der Waals surface area contributed by atoms with Gasteiger partial charge in [-0.15, -0.1) is 0 Å². The molecule has 0 unspecified atom stereocenters. The molecule has 1 aliphatic rings. The zero-order chi connectivity index (χ0) is 20.6. The summed E-state index contributed by atoms with van der Waals surface area (Å²) in [7, 11) is 3.16. The van der Waals surface area contributed by atoms with Gasteiger partial charge in [0.25, 0.3) is 0 Å². The molecule has 1 aliphatic carbocycles. The van der Waals surface area contributed by atoms with Crippen LogP contribution in [0.4, 0.5) is 5.82 Å². The lowest BCUT2D eigenvalue weighted by Crippen LogP contribution is -2.03. The molecule has 7 heteroatoms. The van der Waals surface area contributed by atoms with Crippen LogP contribution in [0.5, 0.6) is 11.5 Å². The number of benzene rings is 1. The molecule has 0 bridgehead atoms. The zero-order valence-corrected chi connectivity index (χ0v) is 17.4. The number of nitrogens with zero attached hydrogens (tertiary/aromatic N) is 3. The van der Waals surface area contributed by atoms with Crippen molar-refractivity contribution >= 4 is 39.0 Å². The van der Waals surface area contributed by atoms with Gasteiger partial charge in [-0.3, -0.25) is 0 Å². The van der Waals surface area contributed by atoms with E-state index in [0.29, 0.717) is 33.9 Å². The number of nitrogens with two attached hydrogens (primary N) is 1. The Morgan fingerprint density at radius 2 is 1.79 bits per heavy atom. The van der Waals surface area contributed by atoms with Crippen LogP contribution in [-0.4, -0.2) is 19.2 Å². The first-order valence-corrected chi connectivity index (χ1v) is 9.12. The number of rotatable bonds is 3. The summed E-state index contributed by atoms with van der Waals surface area (Å²) in [6.07, 6.45) is 1.92. The molecule has 1 aromatic carbocycles. The summed E-state index contributed by atoms with van der Waals surface area (Å²) in [4.78, 5) is 4.34. The van der Waals surface area contributed by atoms with Gasteiger partial charge >= 0.3 is 0 Å². The van der Waals surface area contributed by atoms with E-state index in [9.17, 15) is 10.5 Å². The summed E-state index contributed by atoms with van der Waals surface area (Å²) in [5, 5.41) is 19.1. The smallest absolute Gasteiger partial charge is 0.142 e. The number of anilines is 1. The Labute approximate surface area is 171 Å². The summed E-state index contributed by atoms with van der Waals surface area (Å²) in [5.41, 5.74) is 11.0. The van der Waals surface area contributed by atoms with Gasteiger partial charge in [0.05, 0.1) is 35.5 Å². The molecule has 1 aromatic heterocycles. The van der Waals surface area contributed by atoms with Gasteiger partial charge in [0.1, 0.15) is 29.5 Å². The summed E-state index contributed by atoms with van der Waals surface area (Å²) in [6, 6.07) is 7.99. The normalized spacial score (nSPS) is 13.9. The number of nitriles is 2. The Morgan fingerprint density at radius 3 is 2.36 bits per heavy atom. The van der Waals surface area contributed by atoms with Crippen LogP contribution >= 0.6 is 15.9 Å². The van der Waals surface area contributed by atoms with Crippen molar-refractivity contribution in [3.05, 3.63) is 50.1 Å². The van der Waals surface area contributed by atoms with Crippen molar-refractivity contribution in [2.24, 2.45) is 0 Å². The number of ether oxygens (including phenoxy) is 2. The molecule has 0 fully saturated rings. The Balaban J connectivity index is 2.34. The summed E-state index contributed by atoms with van der Waals surface area (Å²) in [5.74, 6) is 1.40. The van der Waals surface area contributed by atoms with Crippen LogP contribution in [0, 0.1) is 29.6 Å².